The number of rotatable bonds is 9. The molecule has 0 aliphatic carbocycles. The third kappa shape index (κ3) is 5.70. The van der Waals surface area contributed by atoms with E-state index in [0.717, 1.165) is 11.3 Å². The molecule has 11 heteroatoms. The van der Waals surface area contributed by atoms with Crippen LogP contribution in [0.15, 0.2) is 93.5 Å². The molecule has 0 fully saturated rings. The minimum atomic E-state index is -0.673. The highest BCUT2D eigenvalue weighted by Crippen LogP contribution is 2.32. The number of anilines is 1. The van der Waals surface area contributed by atoms with Crippen LogP contribution in [0.2, 0.25) is 0 Å². The molecule has 0 saturated heterocycles. The number of benzene rings is 2. The van der Waals surface area contributed by atoms with Crippen LogP contribution in [0.3, 0.4) is 0 Å². The topological polar surface area (TPSA) is 130 Å². The number of nitrogens with zero attached hydrogens (tertiary/aromatic N) is 3. The van der Waals surface area contributed by atoms with E-state index in [1.54, 1.807) is 55.0 Å². The Labute approximate surface area is 237 Å². The van der Waals surface area contributed by atoms with Crippen molar-refractivity contribution < 1.29 is 27.9 Å². The van der Waals surface area contributed by atoms with Crippen LogP contribution >= 0.6 is 11.3 Å². The number of carbonyl (C=O) groups excluding carboxylic acids is 2. The number of furan rings is 2. The third-order valence-electron chi connectivity index (χ3n) is 5.96. The van der Waals surface area contributed by atoms with Crippen LogP contribution in [0.1, 0.15) is 17.3 Å². The predicted molar refractivity (Wildman–Crippen MR) is 153 cm³/mol. The Morgan fingerprint density at radius 2 is 1.59 bits per heavy atom. The van der Waals surface area contributed by atoms with Gasteiger partial charge >= 0.3 is 5.97 Å². The SMILES string of the molecule is CCOc1ccc(-c2csc(NC(=O)COC(=O)c3ccc4nc(-c5ccco5)c(-c5ccco5)nc4c3)n2)cc1. The van der Waals surface area contributed by atoms with Crippen LogP contribution in [0.5, 0.6) is 5.75 Å². The van der Waals surface area contributed by atoms with Crippen LogP contribution in [0.4, 0.5) is 5.13 Å². The Morgan fingerprint density at radius 1 is 0.878 bits per heavy atom. The molecule has 0 saturated carbocycles. The fourth-order valence-corrected chi connectivity index (χ4v) is 4.81. The van der Waals surface area contributed by atoms with Crippen molar-refractivity contribution in [3.63, 3.8) is 0 Å². The minimum Gasteiger partial charge on any atom is -0.494 e. The van der Waals surface area contributed by atoms with E-state index in [2.05, 4.69) is 15.3 Å². The summed E-state index contributed by atoms with van der Waals surface area (Å²) < 4.78 is 21.8. The first-order valence-electron chi connectivity index (χ1n) is 12.6. The van der Waals surface area contributed by atoms with Gasteiger partial charge in [0.15, 0.2) is 23.3 Å². The molecule has 0 unspecified atom stereocenters. The summed E-state index contributed by atoms with van der Waals surface area (Å²) in [4.78, 5) is 39.1. The van der Waals surface area contributed by atoms with E-state index in [9.17, 15) is 9.59 Å². The molecule has 4 heterocycles. The molecule has 6 aromatic rings. The van der Waals surface area contributed by atoms with Crippen LogP contribution < -0.4 is 10.1 Å². The number of esters is 1. The average molecular weight is 567 g/mol. The molecule has 0 radical (unpaired) electrons. The highest BCUT2D eigenvalue weighted by atomic mass is 32.1. The standard InChI is InChI=1S/C30H22N4O6S/c1-2-37-20-10-7-18(8-11-20)23-17-41-30(33-23)34-26(35)16-40-29(36)19-9-12-21-22(15-19)32-28(25-6-4-14-39-25)27(31-21)24-5-3-13-38-24/h3-15,17H,2,16H2,1H3,(H,33,34,35). The summed E-state index contributed by atoms with van der Waals surface area (Å²) in [6.45, 7) is 2.04. The lowest BCUT2D eigenvalue weighted by Gasteiger charge is -2.08. The first-order chi connectivity index (χ1) is 20.1. The second-order valence-electron chi connectivity index (χ2n) is 8.70. The van der Waals surface area contributed by atoms with Gasteiger partial charge in [0.05, 0.1) is 41.4 Å². The summed E-state index contributed by atoms with van der Waals surface area (Å²) in [6, 6.07) is 19.4. The average Bonchev–Trinajstić information content (AvgIpc) is 3.79. The smallest absolute Gasteiger partial charge is 0.338 e. The largest absolute Gasteiger partial charge is 0.494 e. The summed E-state index contributed by atoms with van der Waals surface area (Å²) >= 11 is 1.28. The van der Waals surface area contributed by atoms with Crippen LogP contribution in [-0.2, 0) is 9.53 Å². The maximum absolute atomic E-state index is 12.8. The van der Waals surface area contributed by atoms with Gasteiger partial charge < -0.3 is 18.3 Å². The zero-order chi connectivity index (χ0) is 28.2. The molecular weight excluding hydrogens is 544 g/mol. The molecule has 6 rings (SSSR count). The van der Waals surface area contributed by atoms with Crippen LogP contribution in [-0.4, -0.2) is 40.0 Å². The normalized spacial score (nSPS) is 11.0. The molecule has 0 aliphatic rings. The van der Waals surface area contributed by atoms with Gasteiger partial charge in [-0.25, -0.2) is 19.7 Å². The van der Waals surface area contributed by atoms with Gasteiger partial charge in [-0.05, 0) is 73.7 Å². The first-order valence-corrected chi connectivity index (χ1v) is 13.5. The van der Waals surface area contributed by atoms with Crippen molar-refractivity contribution in [1.29, 1.82) is 0 Å². The van der Waals surface area contributed by atoms with Gasteiger partial charge in [-0.2, -0.15) is 0 Å². The monoisotopic (exact) mass is 566 g/mol. The molecule has 204 valence electrons. The van der Waals surface area contributed by atoms with Crippen molar-refractivity contribution >= 4 is 39.4 Å². The lowest BCUT2D eigenvalue weighted by molar-refractivity contribution is -0.119. The Morgan fingerprint density at radius 3 is 2.24 bits per heavy atom. The number of fused-ring (bicyclic) bond motifs is 1. The Hall–Kier alpha value is -5.29. The number of hydrogen-bond donors (Lipinski definition) is 1. The number of carbonyl (C=O) groups is 2. The van der Waals surface area contributed by atoms with Gasteiger partial charge in [0.1, 0.15) is 17.1 Å². The summed E-state index contributed by atoms with van der Waals surface area (Å²) in [5.41, 5.74) is 3.81. The Balaban J connectivity index is 1.13. The fourth-order valence-electron chi connectivity index (χ4n) is 4.07. The van der Waals surface area contributed by atoms with E-state index in [1.165, 1.54) is 11.3 Å². The number of aromatic nitrogens is 3. The second-order valence-corrected chi connectivity index (χ2v) is 9.56. The maximum Gasteiger partial charge on any atom is 0.338 e. The van der Waals surface area contributed by atoms with Gasteiger partial charge in [0, 0.05) is 10.9 Å². The third-order valence-corrected chi connectivity index (χ3v) is 6.71. The fraction of sp³-hybridized carbons (Fsp3) is 0.100. The van der Waals surface area contributed by atoms with Crippen molar-refractivity contribution in [1.82, 2.24) is 15.0 Å². The van der Waals surface area contributed by atoms with Crippen molar-refractivity contribution in [2.45, 2.75) is 6.92 Å². The van der Waals surface area contributed by atoms with E-state index in [4.69, 9.17) is 23.3 Å². The van der Waals surface area contributed by atoms with E-state index < -0.39 is 18.5 Å². The van der Waals surface area contributed by atoms with Crippen LogP contribution in [0, 0.1) is 0 Å². The van der Waals surface area contributed by atoms with Crippen molar-refractivity contribution in [2.75, 3.05) is 18.5 Å². The quantitative estimate of drug-likeness (QED) is 0.196. The van der Waals surface area contributed by atoms with E-state index >= 15 is 0 Å². The zero-order valence-corrected chi connectivity index (χ0v) is 22.5. The second kappa shape index (κ2) is 11.4. The summed E-state index contributed by atoms with van der Waals surface area (Å²) in [5.74, 6) is 0.634. The number of ether oxygens (including phenoxy) is 2. The van der Waals surface area contributed by atoms with Gasteiger partial charge in [-0.15, -0.1) is 11.3 Å². The number of hydrogen-bond acceptors (Lipinski definition) is 10. The molecule has 2 aromatic carbocycles. The molecule has 4 aromatic heterocycles. The molecule has 10 nitrogen and oxygen atoms in total. The van der Waals surface area contributed by atoms with Crippen LogP contribution in [0.25, 0.3) is 45.2 Å². The molecule has 0 atom stereocenters. The number of amides is 1. The summed E-state index contributed by atoms with van der Waals surface area (Å²) in [6.07, 6.45) is 3.09. The summed E-state index contributed by atoms with van der Waals surface area (Å²) in [7, 11) is 0. The number of nitrogens with one attached hydrogen (secondary N) is 1. The van der Waals surface area contributed by atoms with Crippen molar-refractivity contribution in [2.24, 2.45) is 0 Å². The highest BCUT2D eigenvalue weighted by Gasteiger charge is 2.19. The van der Waals surface area contributed by atoms with Gasteiger partial charge in [0.2, 0.25) is 0 Å². The minimum absolute atomic E-state index is 0.225. The Bertz CT molecular complexity index is 1810. The highest BCUT2D eigenvalue weighted by molar-refractivity contribution is 7.14. The van der Waals surface area contributed by atoms with Crippen molar-refractivity contribution in [3.8, 4) is 39.9 Å². The molecule has 41 heavy (non-hydrogen) atoms. The predicted octanol–water partition coefficient (Wildman–Crippen LogP) is 6.47. The van der Waals surface area contributed by atoms with Gasteiger partial charge in [0.25, 0.3) is 5.91 Å². The lowest BCUT2D eigenvalue weighted by Crippen LogP contribution is -2.20. The maximum atomic E-state index is 12.8. The zero-order valence-electron chi connectivity index (χ0n) is 21.7. The Kier molecular flexibility index (Phi) is 7.25. The molecule has 0 aliphatic heterocycles. The van der Waals surface area contributed by atoms with E-state index in [1.807, 2.05) is 36.6 Å². The summed E-state index contributed by atoms with van der Waals surface area (Å²) in [5, 5.41) is 4.90. The molecule has 1 amide bonds. The molecule has 1 N–H and O–H groups in total. The van der Waals surface area contributed by atoms with E-state index in [-0.39, 0.29) is 5.56 Å². The molecule has 0 spiro atoms. The van der Waals surface area contributed by atoms with Gasteiger partial charge in [-0.3, -0.25) is 10.1 Å². The molecular formula is C30H22N4O6S. The lowest BCUT2D eigenvalue weighted by atomic mass is 10.1. The van der Waals surface area contributed by atoms with Crippen molar-refractivity contribution in [3.05, 3.63) is 90.2 Å². The van der Waals surface area contributed by atoms with Gasteiger partial charge in [-0.1, -0.05) is 0 Å². The van der Waals surface area contributed by atoms with E-state index in [0.29, 0.717) is 51.4 Å². The first kappa shape index (κ1) is 26.0. The number of thiazole rings is 1. The molecule has 0 bridgehead atoms.